The molecule has 8 heteroatoms. The summed E-state index contributed by atoms with van der Waals surface area (Å²) in [7, 11) is -3.88. The van der Waals surface area contributed by atoms with Crippen molar-refractivity contribution in [1.82, 2.24) is 4.72 Å². The SMILES string of the molecule is CCOC(=O)C(C(=O)OCC)C(C)NS(=O)(=O)c1ccc(C)cc1. The molecule has 0 aromatic heterocycles. The topological polar surface area (TPSA) is 98.8 Å². The van der Waals surface area contributed by atoms with Crippen molar-refractivity contribution < 1.29 is 27.5 Å². The van der Waals surface area contributed by atoms with Crippen LogP contribution in [0.2, 0.25) is 0 Å². The number of sulfonamides is 1. The van der Waals surface area contributed by atoms with Crippen molar-refractivity contribution in [3.63, 3.8) is 0 Å². The number of rotatable bonds is 8. The van der Waals surface area contributed by atoms with Crippen LogP contribution in [-0.2, 0) is 29.1 Å². The van der Waals surface area contributed by atoms with Gasteiger partial charge >= 0.3 is 11.9 Å². The van der Waals surface area contributed by atoms with Gasteiger partial charge < -0.3 is 9.47 Å². The molecule has 7 nitrogen and oxygen atoms in total. The van der Waals surface area contributed by atoms with E-state index in [9.17, 15) is 18.0 Å². The molecule has 0 saturated heterocycles. The summed E-state index contributed by atoms with van der Waals surface area (Å²) in [5, 5.41) is 0. The molecule has 24 heavy (non-hydrogen) atoms. The lowest BCUT2D eigenvalue weighted by molar-refractivity contribution is -0.162. The summed E-state index contributed by atoms with van der Waals surface area (Å²) in [6.07, 6.45) is 0. The molecular formula is C16H23NO6S. The second kappa shape index (κ2) is 8.79. The van der Waals surface area contributed by atoms with Gasteiger partial charge in [0.05, 0.1) is 18.1 Å². The molecule has 0 radical (unpaired) electrons. The fraction of sp³-hybridized carbons (Fsp3) is 0.500. The fourth-order valence-electron chi connectivity index (χ4n) is 2.07. The first-order valence-corrected chi connectivity index (χ1v) is 9.13. The minimum absolute atomic E-state index is 0.0476. The van der Waals surface area contributed by atoms with Gasteiger partial charge in [-0.1, -0.05) is 17.7 Å². The van der Waals surface area contributed by atoms with E-state index in [0.29, 0.717) is 0 Å². The average Bonchev–Trinajstić information content (AvgIpc) is 2.47. The van der Waals surface area contributed by atoms with Crippen molar-refractivity contribution in [1.29, 1.82) is 0 Å². The summed E-state index contributed by atoms with van der Waals surface area (Å²) < 4.78 is 36.9. The quantitative estimate of drug-likeness (QED) is 0.558. The molecule has 1 N–H and O–H groups in total. The van der Waals surface area contributed by atoms with Gasteiger partial charge in [-0.05, 0) is 39.8 Å². The zero-order valence-electron chi connectivity index (χ0n) is 14.2. The number of aryl methyl sites for hydroxylation is 1. The van der Waals surface area contributed by atoms with Gasteiger partial charge in [0.1, 0.15) is 0 Å². The molecule has 134 valence electrons. The van der Waals surface area contributed by atoms with Crippen LogP contribution >= 0.6 is 0 Å². The van der Waals surface area contributed by atoms with Crippen molar-refractivity contribution in [2.75, 3.05) is 13.2 Å². The smallest absolute Gasteiger partial charge is 0.321 e. The predicted molar refractivity (Wildman–Crippen MR) is 87.7 cm³/mol. The molecule has 0 aliphatic carbocycles. The first-order valence-electron chi connectivity index (χ1n) is 7.65. The number of hydrogen-bond acceptors (Lipinski definition) is 6. The highest BCUT2D eigenvalue weighted by Crippen LogP contribution is 2.15. The maximum Gasteiger partial charge on any atom is 0.321 e. The molecule has 0 heterocycles. The van der Waals surface area contributed by atoms with E-state index in [1.807, 2.05) is 6.92 Å². The van der Waals surface area contributed by atoms with Crippen LogP contribution in [0.4, 0.5) is 0 Å². The predicted octanol–water partition coefficient (Wildman–Crippen LogP) is 1.40. The molecule has 0 aliphatic heterocycles. The second-order valence-electron chi connectivity index (χ2n) is 5.20. The van der Waals surface area contributed by atoms with Gasteiger partial charge in [0, 0.05) is 6.04 Å². The number of nitrogens with one attached hydrogen (secondary N) is 1. The van der Waals surface area contributed by atoms with Gasteiger partial charge in [0.2, 0.25) is 10.0 Å². The molecule has 1 atom stereocenters. The van der Waals surface area contributed by atoms with Gasteiger partial charge in [-0.25, -0.2) is 13.1 Å². The van der Waals surface area contributed by atoms with E-state index >= 15 is 0 Å². The maximum atomic E-state index is 12.4. The largest absolute Gasteiger partial charge is 0.465 e. The molecule has 0 aliphatic rings. The normalized spacial score (nSPS) is 12.7. The number of carbonyl (C=O) groups excluding carboxylic acids is 2. The third kappa shape index (κ3) is 5.31. The Morgan fingerprint density at radius 2 is 1.50 bits per heavy atom. The number of ether oxygens (including phenoxy) is 2. The first-order chi connectivity index (χ1) is 11.2. The Balaban J connectivity index is 3.01. The van der Waals surface area contributed by atoms with Crippen molar-refractivity contribution in [3.05, 3.63) is 29.8 Å². The van der Waals surface area contributed by atoms with E-state index in [2.05, 4.69) is 4.72 Å². The van der Waals surface area contributed by atoms with Gasteiger partial charge in [-0.3, -0.25) is 9.59 Å². The second-order valence-corrected chi connectivity index (χ2v) is 6.92. The van der Waals surface area contributed by atoms with E-state index in [1.54, 1.807) is 26.0 Å². The standard InChI is InChI=1S/C16H23NO6S/c1-5-22-15(18)14(16(19)23-6-2)12(4)17-24(20,21)13-9-7-11(3)8-10-13/h7-10,12,14,17H,5-6H2,1-4H3. The molecule has 1 aromatic carbocycles. The number of esters is 2. The monoisotopic (exact) mass is 357 g/mol. The maximum absolute atomic E-state index is 12.4. The van der Waals surface area contributed by atoms with Crippen molar-refractivity contribution in [3.8, 4) is 0 Å². The Bertz CT molecular complexity index is 650. The van der Waals surface area contributed by atoms with Crippen LogP contribution in [-0.4, -0.2) is 39.6 Å². The highest BCUT2D eigenvalue weighted by molar-refractivity contribution is 7.89. The van der Waals surface area contributed by atoms with Crippen LogP contribution in [0.15, 0.2) is 29.2 Å². The number of carbonyl (C=O) groups is 2. The molecule has 1 unspecified atom stereocenters. The Hall–Kier alpha value is -1.93. The summed E-state index contributed by atoms with van der Waals surface area (Å²) in [5.74, 6) is -3.02. The lowest BCUT2D eigenvalue weighted by Gasteiger charge is -2.21. The summed E-state index contributed by atoms with van der Waals surface area (Å²) in [5.41, 5.74) is 0.915. The summed E-state index contributed by atoms with van der Waals surface area (Å²) in [4.78, 5) is 24.1. The van der Waals surface area contributed by atoms with Crippen LogP contribution in [0.1, 0.15) is 26.3 Å². The molecular weight excluding hydrogens is 334 g/mol. The van der Waals surface area contributed by atoms with Crippen molar-refractivity contribution in [2.24, 2.45) is 5.92 Å². The van der Waals surface area contributed by atoms with Crippen LogP contribution in [0.25, 0.3) is 0 Å². The molecule has 0 amide bonds. The summed E-state index contributed by atoms with van der Waals surface area (Å²) in [6, 6.07) is 5.21. The van der Waals surface area contributed by atoms with Gasteiger partial charge in [0.25, 0.3) is 0 Å². The zero-order chi connectivity index (χ0) is 18.3. The van der Waals surface area contributed by atoms with Gasteiger partial charge in [-0.2, -0.15) is 0 Å². The highest BCUT2D eigenvalue weighted by atomic mass is 32.2. The van der Waals surface area contributed by atoms with Crippen LogP contribution in [0.5, 0.6) is 0 Å². The third-order valence-electron chi connectivity index (χ3n) is 3.25. The number of hydrogen-bond donors (Lipinski definition) is 1. The van der Waals surface area contributed by atoms with Crippen molar-refractivity contribution in [2.45, 2.75) is 38.6 Å². The fourth-order valence-corrected chi connectivity index (χ4v) is 3.32. The third-order valence-corrected chi connectivity index (χ3v) is 4.83. The van der Waals surface area contributed by atoms with Crippen LogP contribution in [0.3, 0.4) is 0 Å². The Morgan fingerprint density at radius 3 is 1.92 bits per heavy atom. The molecule has 0 saturated carbocycles. The molecule has 0 spiro atoms. The molecule has 0 fully saturated rings. The lowest BCUT2D eigenvalue weighted by Crippen LogP contribution is -2.46. The molecule has 1 rings (SSSR count). The van der Waals surface area contributed by atoms with E-state index in [4.69, 9.17) is 9.47 Å². The summed E-state index contributed by atoms with van der Waals surface area (Å²) >= 11 is 0. The van der Waals surface area contributed by atoms with Crippen LogP contribution < -0.4 is 4.72 Å². The average molecular weight is 357 g/mol. The van der Waals surface area contributed by atoms with Crippen molar-refractivity contribution >= 4 is 22.0 Å². The highest BCUT2D eigenvalue weighted by Gasteiger charge is 2.37. The minimum atomic E-state index is -3.88. The Morgan fingerprint density at radius 1 is 1.04 bits per heavy atom. The van der Waals surface area contributed by atoms with Gasteiger partial charge in [-0.15, -0.1) is 0 Å². The Labute approximate surface area is 142 Å². The first kappa shape index (κ1) is 20.1. The van der Waals surface area contributed by atoms with E-state index < -0.39 is 33.9 Å². The summed E-state index contributed by atoms with van der Waals surface area (Å²) in [6.45, 7) is 6.61. The number of benzene rings is 1. The molecule has 1 aromatic rings. The zero-order valence-corrected chi connectivity index (χ0v) is 15.1. The van der Waals surface area contributed by atoms with E-state index in [1.165, 1.54) is 19.1 Å². The van der Waals surface area contributed by atoms with Crippen LogP contribution in [0, 0.1) is 12.8 Å². The van der Waals surface area contributed by atoms with E-state index in [0.717, 1.165) is 5.56 Å². The van der Waals surface area contributed by atoms with Gasteiger partial charge in [0.15, 0.2) is 5.92 Å². The lowest BCUT2D eigenvalue weighted by atomic mass is 10.0. The minimum Gasteiger partial charge on any atom is -0.465 e. The van der Waals surface area contributed by atoms with E-state index in [-0.39, 0.29) is 18.1 Å². The Kier molecular flexibility index (Phi) is 7.37. The molecule has 0 bridgehead atoms.